The smallest absolute Gasteiger partial charge is 0.419 e. The summed E-state index contributed by atoms with van der Waals surface area (Å²) in [4.78, 5) is 19.9. The van der Waals surface area contributed by atoms with Gasteiger partial charge in [-0.3, -0.25) is 9.78 Å². The molecule has 0 unspecified atom stereocenters. The van der Waals surface area contributed by atoms with Crippen LogP contribution in [0.15, 0.2) is 78.8 Å². The standard InChI is InChI=1S/C27H20F3N2.C13H24O2.Ir/c1-26(2,3)22-14-18(12-16-8-4-6-10-19(16)22)24-21-13-17-9-5-7-11-20(17)23(27(28,29)30)25(21)32-15-31-24;1-5-10(6-2)12(14)9-13(15)11(7-3)8-4;/h4-11,13-15H,1-3H3;9-11,14H,5-8H2,1-4H3;/q-1;;/b;12-9-;/i15D;;. The molecule has 4 aromatic carbocycles. The van der Waals surface area contributed by atoms with E-state index in [1.807, 2.05) is 58.0 Å². The SMILES string of the molecule is CCC(CC)C(=O)/C=C(\O)C(CC)CC.[2H]c1nc(-c2[c-]c3ccccc3c(C(C)(C)C)c2)c2cc3ccccc3c(C(F)(F)F)c2n1.[Ir]. The number of benzene rings is 4. The van der Waals surface area contributed by atoms with E-state index >= 15 is 0 Å². The minimum absolute atomic E-state index is 0. The van der Waals surface area contributed by atoms with Crippen LogP contribution in [0.25, 0.3) is 43.7 Å². The van der Waals surface area contributed by atoms with Crippen molar-refractivity contribution in [1.29, 1.82) is 0 Å². The van der Waals surface area contributed by atoms with Crippen molar-refractivity contribution in [2.75, 3.05) is 0 Å². The second-order valence-corrected chi connectivity index (χ2v) is 12.9. The van der Waals surface area contributed by atoms with Gasteiger partial charge < -0.3 is 5.11 Å². The Bertz CT molecular complexity index is 1960. The van der Waals surface area contributed by atoms with E-state index in [0.717, 1.165) is 42.0 Å². The summed E-state index contributed by atoms with van der Waals surface area (Å²) < 4.78 is 50.8. The summed E-state index contributed by atoms with van der Waals surface area (Å²) in [7, 11) is 0. The number of halogens is 3. The fourth-order valence-corrected chi connectivity index (χ4v) is 6.07. The van der Waals surface area contributed by atoms with Crippen LogP contribution < -0.4 is 0 Å². The largest absolute Gasteiger partial charge is 0.512 e. The number of aromatic nitrogens is 2. The Morgan fingerprint density at radius 1 is 0.875 bits per heavy atom. The quantitative estimate of drug-likeness (QED) is 0.0732. The van der Waals surface area contributed by atoms with E-state index in [1.165, 1.54) is 12.1 Å². The fraction of sp³-hybridized carbons (Fsp3) is 0.375. The molecule has 1 radical (unpaired) electrons. The Balaban J connectivity index is 0.000000347. The van der Waals surface area contributed by atoms with Gasteiger partial charge in [0.05, 0.1) is 16.8 Å². The zero-order chi connectivity index (χ0) is 35.4. The van der Waals surface area contributed by atoms with E-state index in [9.17, 15) is 23.1 Å². The van der Waals surface area contributed by atoms with E-state index in [4.69, 9.17) is 1.37 Å². The van der Waals surface area contributed by atoms with Crippen LogP contribution in [0.1, 0.15) is 86.6 Å². The first-order chi connectivity index (χ1) is 22.6. The van der Waals surface area contributed by atoms with E-state index in [1.54, 1.807) is 24.3 Å². The second-order valence-electron chi connectivity index (χ2n) is 12.9. The zero-order valence-electron chi connectivity index (χ0n) is 29.6. The number of rotatable bonds is 8. The normalized spacial score (nSPS) is 12.7. The number of hydrogen-bond donors (Lipinski definition) is 1. The third-order valence-corrected chi connectivity index (χ3v) is 8.80. The van der Waals surface area contributed by atoms with Crippen LogP contribution in [-0.4, -0.2) is 20.9 Å². The van der Waals surface area contributed by atoms with Crippen molar-refractivity contribution < 1.29 is 44.5 Å². The number of allylic oxidation sites excluding steroid dienone is 2. The maximum absolute atomic E-state index is 14.2. The van der Waals surface area contributed by atoms with Gasteiger partial charge in [-0.25, -0.2) is 4.98 Å². The first kappa shape index (κ1) is 37.2. The van der Waals surface area contributed by atoms with Crippen LogP contribution >= 0.6 is 0 Å². The molecular formula is C40H44F3IrN2O2-. The maximum atomic E-state index is 14.2. The van der Waals surface area contributed by atoms with E-state index in [2.05, 4.69) is 36.8 Å². The van der Waals surface area contributed by atoms with Crippen molar-refractivity contribution in [2.45, 2.75) is 85.7 Å². The molecule has 0 aliphatic rings. The number of carbonyl (C=O) groups excluding carboxylic acids is 1. The molecule has 8 heteroatoms. The number of fused-ring (bicyclic) bond motifs is 3. The van der Waals surface area contributed by atoms with Gasteiger partial charge in [-0.15, -0.1) is 29.1 Å². The fourth-order valence-electron chi connectivity index (χ4n) is 6.07. The Labute approximate surface area is 296 Å². The molecule has 0 atom stereocenters. The predicted octanol–water partition coefficient (Wildman–Crippen LogP) is 11.6. The van der Waals surface area contributed by atoms with Crippen LogP contribution in [0.2, 0.25) is 0 Å². The van der Waals surface area contributed by atoms with Gasteiger partial charge in [0.15, 0.2) is 5.78 Å². The van der Waals surface area contributed by atoms with E-state index < -0.39 is 18.0 Å². The summed E-state index contributed by atoms with van der Waals surface area (Å²) in [5.41, 5.74) is 0.516. The van der Waals surface area contributed by atoms with Crippen molar-refractivity contribution in [3.05, 3.63) is 96.0 Å². The van der Waals surface area contributed by atoms with Crippen molar-refractivity contribution in [3.8, 4) is 11.3 Å². The molecular weight excluding hydrogens is 790 g/mol. The molecule has 0 aliphatic heterocycles. The van der Waals surface area contributed by atoms with Gasteiger partial charge in [-0.1, -0.05) is 108 Å². The van der Waals surface area contributed by atoms with Crippen molar-refractivity contribution in [1.82, 2.24) is 9.97 Å². The van der Waals surface area contributed by atoms with Crippen LogP contribution in [-0.2, 0) is 36.5 Å². The topological polar surface area (TPSA) is 63.1 Å². The second kappa shape index (κ2) is 16.2. The van der Waals surface area contributed by atoms with Gasteiger partial charge in [0, 0.05) is 43.7 Å². The summed E-state index contributed by atoms with van der Waals surface area (Å²) >= 11 is 0. The van der Waals surface area contributed by atoms with Gasteiger partial charge in [-0.05, 0) is 47.3 Å². The number of ketones is 1. The zero-order valence-corrected chi connectivity index (χ0v) is 30.9. The molecule has 0 amide bonds. The molecule has 0 bridgehead atoms. The molecule has 48 heavy (non-hydrogen) atoms. The molecule has 257 valence electrons. The number of alkyl halides is 3. The number of hydrogen-bond acceptors (Lipinski definition) is 4. The molecule has 0 fully saturated rings. The third-order valence-electron chi connectivity index (χ3n) is 8.80. The molecule has 0 saturated heterocycles. The predicted molar refractivity (Wildman–Crippen MR) is 186 cm³/mol. The Hall–Kier alpha value is -3.61. The van der Waals surface area contributed by atoms with Crippen LogP contribution in [0.4, 0.5) is 13.2 Å². The molecule has 4 nitrogen and oxygen atoms in total. The van der Waals surface area contributed by atoms with Gasteiger partial charge in [-0.2, -0.15) is 13.2 Å². The average Bonchev–Trinajstić information content (AvgIpc) is 3.03. The Morgan fingerprint density at radius 3 is 2.04 bits per heavy atom. The third kappa shape index (κ3) is 8.51. The van der Waals surface area contributed by atoms with Crippen LogP contribution in [0.5, 0.6) is 0 Å². The molecule has 1 N–H and O–H groups in total. The number of aliphatic hydroxyl groups is 1. The molecule has 1 heterocycles. The maximum Gasteiger partial charge on any atom is 0.419 e. The van der Waals surface area contributed by atoms with Crippen LogP contribution in [0, 0.1) is 17.9 Å². The molecule has 5 rings (SSSR count). The summed E-state index contributed by atoms with van der Waals surface area (Å²) in [5.74, 6) is 0.547. The summed E-state index contributed by atoms with van der Waals surface area (Å²) in [6.45, 7) is 14.3. The number of aliphatic hydroxyl groups excluding tert-OH is 1. The van der Waals surface area contributed by atoms with Gasteiger partial charge in [0.25, 0.3) is 0 Å². The summed E-state index contributed by atoms with van der Waals surface area (Å²) in [6, 6.07) is 21.1. The molecule has 0 spiro atoms. The first-order valence-electron chi connectivity index (χ1n) is 16.8. The van der Waals surface area contributed by atoms with Gasteiger partial charge in [0.1, 0.15) is 7.67 Å². The molecule has 0 saturated carbocycles. The summed E-state index contributed by atoms with van der Waals surface area (Å²) in [5, 5.41) is 12.4. The van der Waals surface area contributed by atoms with Crippen molar-refractivity contribution >= 4 is 38.2 Å². The van der Waals surface area contributed by atoms with E-state index in [0.29, 0.717) is 10.9 Å². The Morgan fingerprint density at radius 2 is 1.46 bits per heavy atom. The number of nitrogens with zero attached hydrogens (tertiary/aromatic N) is 2. The van der Waals surface area contributed by atoms with Gasteiger partial charge in [0.2, 0.25) is 0 Å². The van der Waals surface area contributed by atoms with E-state index in [-0.39, 0.29) is 70.9 Å². The molecule has 5 aromatic rings. The molecule has 0 aliphatic carbocycles. The first-order valence-corrected chi connectivity index (χ1v) is 16.3. The van der Waals surface area contributed by atoms with Crippen molar-refractivity contribution in [3.63, 3.8) is 0 Å². The molecule has 1 aromatic heterocycles. The Kier molecular flexibility index (Phi) is 12.6. The minimum atomic E-state index is -4.64. The monoisotopic (exact) mass is 835 g/mol. The van der Waals surface area contributed by atoms with Crippen molar-refractivity contribution in [2.24, 2.45) is 11.8 Å². The van der Waals surface area contributed by atoms with Crippen LogP contribution in [0.3, 0.4) is 0 Å². The average molecular weight is 835 g/mol. The minimum Gasteiger partial charge on any atom is -0.512 e. The summed E-state index contributed by atoms with van der Waals surface area (Å²) in [6.07, 6.45) is -0.193. The van der Waals surface area contributed by atoms with Gasteiger partial charge >= 0.3 is 6.18 Å². The number of carbonyl (C=O) groups is 1.